The van der Waals surface area contributed by atoms with Crippen LogP contribution < -0.4 is 0 Å². The summed E-state index contributed by atoms with van der Waals surface area (Å²) in [6.07, 6.45) is 8.70. The average molecular weight is 688 g/mol. The normalized spacial score (nSPS) is 12.1. The van der Waals surface area contributed by atoms with Gasteiger partial charge in [0.05, 0.1) is 22.8 Å². The van der Waals surface area contributed by atoms with Gasteiger partial charge in [0.1, 0.15) is 0 Å². The van der Waals surface area contributed by atoms with Crippen LogP contribution in [0.2, 0.25) is 0 Å². The third-order valence-corrected chi connectivity index (χ3v) is 11.1. The quantitative estimate of drug-likeness (QED) is 0.200. The molecule has 1 N–H and O–H groups in total. The van der Waals surface area contributed by atoms with E-state index in [-0.39, 0.29) is 0 Å². The molecule has 2 aliphatic rings. The number of thiophene rings is 1. The minimum Gasteiger partial charge on any atom is -0.354 e. The van der Waals surface area contributed by atoms with Crippen LogP contribution in [0.25, 0.3) is 89.2 Å². The van der Waals surface area contributed by atoms with Gasteiger partial charge in [0, 0.05) is 42.7 Å². The zero-order valence-corrected chi connectivity index (χ0v) is 30.5. The molecule has 0 saturated carbocycles. The molecule has 0 unspecified atom stereocenters. The van der Waals surface area contributed by atoms with E-state index in [2.05, 4.69) is 178 Å². The second kappa shape index (κ2) is 12.9. The van der Waals surface area contributed by atoms with E-state index in [1.165, 1.54) is 22.3 Å². The van der Waals surface area contributed by atoms with Crippen LogP contribution in [0.1, 0.15) is 45.0 Å². The number of aryl methyl sites for hydroxylation is 4. The Balaban J connectivity index is 1.47. The molecule has 0 radical (unpaired) electrons. The number of hydrogen-bond donors (Lipinski definition) is 1. The van der Waals surface area contributed by atoms with Gasteiger partial charge in [-0.2, -0.15) is 0 Å². The van der Waals surface area contributed by atoms with Crippen molar-refractivity contribution in [3.05, 3.63) is 166 Å². The van der Waals surface area contributed by atoms with Crippen molar-refractivity contribution in [1.29, 1.82) is 0 Å². The third-order valence-electron chi connectivity index (χ3n) is 9.99. The smallest absolute Gasteiger partial charge is 0.0737 e. The first kappa shape index (κ1) is 31.9. The van der Waals surface area contributed by atoms with E-state index in [4.69, 9.17) is 9.97 Å². The highest BCUT2D eigenvalue weighted by atomic mass is 32.1. The molecule has 7 aromatic rings. The van der Waals surface area contributed by atoms with Crippen molar-refractivity contribution in [3.63, 3.8) is 0 Å². The van der Waals surface area contributed by atoms with Gasteiger partial charge in [0.25, 0.3) is 0 Å². The van der Waals surface area contributed by atoms with Crippen LogP contribution in [-0.2, 0) is 0 Å². The first-order valence-corrected chi connectivity index (χ1v) is 18.5. The van der Waals surface area contributed by atoms with Gasteiger partial charge in [-0.15, -0.1) is 11.3 Å². The highest BCUT2D eigenvalue weighted by Gasteiger charge is 2.19. The summed E-state index contributed by atoms with van der Waals surface area (Å²) < 4.78 is 2.33. The Morgan fingerprint density at radius 3 is 0.962 bits per heavy atom. The molecule has 3 aromatic heterocycles. The first-order chi connectivity index (χ1) is 25.4. The predicted octanol–water partition coefficient (Wildman–Crippen LogP) is 13.3. The molecule has 0 spiro atoms. The molecular formula is C48H37N3S. The zero-order chi connectivity index (χ0) is 35.3. The van der Waals surface area contributed by atoms with Crippen LogP contribution in [0.4, 0.5) is 0 Å². The Bertz CT molecular complexity index is 2350. The molecule has 8 bridgehead atoms. The van der Waals surface area contributed by atoms with E-state index in [0.29, 0.717) is 0 Å². The number of hydrogen-bond acceptors (Lipinski definition) is 3. The SMILES string of the molecule is Cc1ccc(-c2c3nc(c(-c4ccc(C)cc4)c4ccc(s4)c(-c4ccc(C)cc4)c4nc(c(-c5ccc(C)cc5)c5ccc2[nH]5)C=C4)C=C3)cc1. The molecule has 0 amide bonds. The van der Waals surface area contributed by atoms with Crippen LogP contribution in [0, 0.1) is 27.7 Å². The molecule has 5 heterocycles. The number of benzene rings is 4. The summed E-state index contributed by atoms with van der Waals surface area (Å²) in [7, 11) is 0. The molecule has 0 aliphatic carbocycles. The molecule has 0 fully saturated rings. The number of H-pyrrole nitrogens is 1. The fourth-order valence-corrected chi connectivity index (χ4v) is 8.33. The topological polar surface area (TPSA) is 41.6 Å². The standard InChI is InChI=1S/C48H37N3S/c1-29-5-13-33(14-6-29)45-37-21-22-38(49-37)46(34-15-7-30(2)8-16-34)40-24-26-42(51-40)48(36-19-11-32(4)12-20-36)44-28-27-43(52-44)47(41-25-23-39(45)50-41)35-17-9-31(3)10-18-35/h5-28,49H,1-4H3. The van der Waals surface area contributed by atoms with Gasteiger partial charge in [-0.1, -0.05) is 119 Å². The Labute approximate surface area is 308 Å². The minimum atomic E-state index is 0.929. The van der Waals surface area contributed by atoms with Gasteiger partial charge in [-0.3, -0.25) is 0 Å². The second-order valence-electron chi connectivity index (χ2n) is 13.8. The molecule has 4 aromatic carbocycles. The molecule has 0 atom stereocenters. The average Bonchev–Trinajstić information content (AvgIpc) is 3.99. The van der Waals surface area contributed by atoms with E-state index < -0.39 is 0 Å². The van der Waals surface area contributed by atoms with Gasteiger partial charge >= 0.3 is 0 Å². The second-order valence-corrected chi connectivity index (χ2v) is 14.9. The van der Waals surface area contributed by atoms with Gasteiger partial charge in [0.2, 0.25) is 0 Å². The lowest BCUT2D eigenvalue weighted by Gasteiger charge is -2.07. The lowest BCUT2D eigenvalue weighted by Crippen LogP contribution is -1.89. The van der Waals surface area contributed by atoms with Crippen LogP contribution in [0.15, 0.2) is 121 Å². The third kappa shape index (κ3) is 5.81. The Hall–Kier alpha value is -6.10. The predicted molar refractivity (Wildman–Crippen MR) is 223 cm³/mol. The minimum absolute atomic E-state index is 0.929. The van der Waals surface area contributed by atoms with E-state index >= 15 is 0 Å². The highest BCUT2D eigenvalue weighted by molar-refractivity contribution is 7.24. The maximum atomic E-state index is 5.44. The number of aromatic amines is 1. The summed E-state index contributed by atoms with van der Waals surface area (Å²) in [5, 5.41) is 0. The molecular weight excluding hydrogens is 651 g/mol. The number of rotatable bonds is 4. The maximum absolute atomic E-state index is 5.44. The summed E-state index contributed by atoms with van der Waals surface area (Å²) in [6, 6.07) is 44.0. The molecule has 9 rings (SSSR count). The van der Waals surface area contributed by atoms with Gasteiger partial charge in [-0.05, 0) is 98.5 Å². The number of nitrogens with zero attached hydrogens (tertiary/aromatic N) is 2. The maximum Gasteiger partial charge on any atom is 0.0737 e. The van der Waals surface area contributed by atoms with Gasteiger partial charge < -0.3 is 4.98 Å². The number of fused-ring (bicyclic) bond motifs is 8. The fourth-order valence-electron chi connectivity index (χ4n) is 7.17. The van der Waals surface area contributed by atoms with E-state index in [1.807, 2.05) is 0 Å². The van der Waals surface area contributed by atoms with Gasteiger partial charge in [0.15, 0.2) is 0 Å². The van der Waals surface area contributed by atoms with Crippen molar-refractivity contribution < 1.29 is 0 Å². The molecule has 2 aliphatic heterocycles. The van der Waals surface area contributed by atoms with Crippen molar-refractivity contribution >= 4 is 56.1 Å². The Morgan fingerprint density at radius 1 is 0.346 bits per heavy atom. The summed E-state index contributed by atoms with van der Waals surface area (Å²) in [6.45, 7) is 8.52. The lowest BCUT2D eigenvalue weighted by molar-refractivity contribution is 1.32. The van der Waals surface area contributed by atoms with E-state index in [0.717, 1.165) is 87.7 Å². The van der Waals surface area contributed by atoms with Crippen LogP contribution in [0.3, 0.4) is 0 Å². The Kier molecular flexibility index (Phi) is 7.90. The van der Waals surface area contributed by atoms with Crippen molar-refractivity contribution in [3.8, 4) is 44.5 Å². The molecule has 3 nitrogen and oxygen atoms in total. The van der Waals surface area contributed by atoms with Crippen LogP contribution in [0.5, 0.6) is 0 Å². The summed E-state index contributed by atoms with van der Waals surface area (Å²) in [4.78, 5) is 14.7. The first-order valence-electron chi connectivity index (χ1n) is 17.7. The fraction of sp³-hybridized carbons (Fsp3) is 0.0833. The lowest BCUT2D eigenvalue weighted by atomic mass is 10.0. The molecule has 52 heavy (non-hydrogen) atoms. The van der Waals surface area contributed by atoms with Crippen molar-refractivity contribution in [2.24, 2.45) is 0 Å². The van der Waals surface area contributed by atoms with Crippen molar-refractivity contribution in [1.82, 2.24) is 15.0 Å². The number of nitrogens with one attached hydrogen (secondary N) is 1. The van der Waals surface area contributed by atoms with E-state index in [9.17, 15) is 0 Å². The molecule has 0 saturated heterocycles. The highest BCUT2D eigenvalue weighted by Crippen LogP contribution is 2.41. The summed E-state index contributed by atoms with van der Waals surface area (Å²) in [5.41, 5.74) is 19.6. The monoisotopic (exact) mass is 687 g/mol. The molecule has 4 heteroatoms. The van der Waals surface area contributed by atoms with Crippen molar-refractivity contribution in [2.45, 2.75) is 27.7 Å². The summed E-state index contributed by atoms with van der Waals surface area (Å²) in [5.74, 6) is 0. The van der Waals surface area contributed by atoms with Crippen molar-refractivity contribution in [2.75, 3.05) is 0 Å². The van der Waals surface area contributed by atoms with Crippen LogP contribution >= 0.6 is 11.3 Å². The van der Waals surface area contributed by atoms with E-state index in [1.54, 1.807) is 11.3 Å². The van der Waals surface area contributed by atoms with Crippen LogP contribution in [-0.4, -0.2) is 15.0 Å². The zero-order valence-electron chi connectivity index (χ0n) is 29.7. The molecule has 250 valence electrons. The summed E-state index contributed by atoms with van der Waals surface area (Å²) >= 11 is 1.80. The largest absolute Gasteiger partial charge is 0.354 e. The number of aromatic nitrogens is 3. The van der Waals surface area contributed by atoms with Gasteiger partial charge in [-0.25, -0.2) is 9.97 Å². The Morgan fingerprint density at radius 2 is 0.635 bits per heavy atom.